The zero-order valence-corrected chi connectivity index (χ0v) is 24.5. The molecule has 5 N–H and O–H groups in total. The molecule has 13 heteroatoms. The maximum atomic E-state index is 11.3. The van der Waals surface area contributed by atoms with Crippen LogP contribution in [0.15, 0.2) is 0 Å². The highest BCUT2D eigenvalue weighted by atomic mass is 16.8. The number of aliphatic hydroxyl groups excluding tert-OH is 5. The van der Waals surface area contributed by atoms with Crippen molar-refractivity contribution in [1.29, 1.82) is 0 Å². The molecule has 0 radical (unpaired) electrons. The van der Waals surface area contributed by atoms with E-state index in [9.17, 15) is 35.1 Å². The van der Waals surface area contributed by atoms with Gasteiger partial charge in [-0.05, 0) is 6.42 Å². The Hall–Kier alpha value is -1.42. The second kappa shape index (κ2) is 19.0. The summed E-state index contributed by atoms with van der Waals surface area (Å²) < 4.78 is 32.8. The van der Waals surface area contributed by atoms with Gasteiger partial charge in [0.15, 0.2) is 12.6 Å². The molecule has 2 saturated heterocycles. The maximum absolute atomic E-state index is 11.3. The van der Waals surface area contributed by atoms with Crippen LogP contribution in [0.25, 0.3) is 0 Å². The number of carbonyl (C=O) groups excluding carboxylic acids is 2. The van der Waals surface area contributed by atoms with E-state index in [0.29, 0.717) is 6.42 Å². The molecule has 0 bridgehead atoms. The quantitative estimate of drug-likeness (QED) is 0.110. The molecule has 0 unspecified atom stereocenters. The number of hydrogen-bond donors (Lipinski definition) is 5. The van der Waals surface area contributed by atoms with E-state index in [4.69, 9.17) is 28.4 Å². The van der Waals surface area contributed by atoms with E-state index >= 15 is 0 Å². The van der Waals surface area contributed by atoms with Crippen molar-refractivity contribution >= 4 is 11.9 Å². The third-order valence-corrected chi connectivity index (χ3v) is 7.29. The molecule has 0 aliphatic carbocycles. The maximum Gasteiger partial charge on any atom is 0.302 e. The lowest BCUT2D eigenvalue weighted by atomic mass is 9.97. The third-order valence-electron chi connectivity index (χ3n) is 7.29. The Morgan fingerprint density at radius 3 is 1.59 bits per heavy atom. The van der Waals surface area contributed by atoms with E-state index in [-0.39, 0.29) is 13.2 Å². The van der Waals surface area contributed by atoms with Crippen molar-refractivity contribution in [1.82, 2.24) is 0 Å². The summed E-state index contributed by atoms with van der Waals surface area (Å²) in [6.45, 7) is 4.05. The van der Waals surface area contributed by atoms with E-state index < -0.39 is 80.0 Å². The molecule has 10 atom stereocenters. The lowest BCUT2D eigenvalue weighted by Gasteiger charge is -2.46. The van der Waals surface area contributed by atoms with Crippen molar-refractivity contribution in [3.05, 3.63) is 0 Å². The van der Waals surface area contributed by atoms with Crippen LogP contribution >= 0.6 is 0 Å². The van der Waals surface area contributed by atoms with Crippen LogP contribution in [-0.2, 0) is 38.0 Å². The number of unbranched alkanes of at least 4 members (excludes halogenated alkanes) is 9. The fourth-order valence-corrected chi connectivity index (χ4v) is 4.83. The van der Waals surface area contributed by atoms with E-state index in [1.165, 1.54) is 45.4 Å². The first-order valence-electron chi connectivity index (χ1n) is 14.8. The van der Waals surface area contributed by atoms with Crippen LogP contribution in [0, 0.1) is 0 Å². The summed E-state index contributed by atoms with van der Waals surface area (Å²) in [4.78, 5) is 22.5. The number of esters is 2. The smallest absolute Gasteiger partial charge is 0.302 e. The van der Waals surface area contributed by atoms with Gasteiger partial charge in [-0.25, -0.2) is 0 Å². The normalized spacial score (nSPS) is 33.9. The largest absolute Gasteiger partial charge is 0.463 e. The van der Waals surface area contributed by atoms with Crippen molar-refractivity contribution in [2.24, 2.45) is 0 Å². The van der Waals surface area contributed by atoms with Gasteiger partial charge in [-0.15, -0.1) is 0 Å². The highest BCUT2D eigenvalue weighted by Gasteiger charge is 2.51. The summed E-state index contributed by atoms with van der Waals surface area (Å²) in [6.07, 6.45) is -3.54. The highest BCUT2D eigenvalue weighted by Crippen LogP contribution is 2.30. The SMILES string of the molecule is CCCCCCCCCCCCO[C@@H]1O[C@H](COC(C)=O)[C@@H](O)[C@H](O)[C@H]1O[C@@H]1O[C@H](COC(C)=O)[C@@H](O)[C@H](O)[C@H]1O. The molecule has 41 heavy (non-hydrogen) atoms. The zero-order valence-electron chi connectivity index (χ0n) is 24.5. The average Bonchev–Trinajstić information content (AvgIpc) is 2.93. The number of rotatable bonds is 18. The molecular formula is C28H50O13. The molecule has 0 aromatic heterocycles. The van der Waals surface area contributed by atoms with Gasteiger partial charge in [0.05, 0.1) is 0 Å². The minimum absolute atomic E-state index is 0.245. The Bertz CT molecular complexity index is 752. The summed E-state index contributed by atoms with van der Waals surface area (Å²) in [5, 5.41) is 52.6. The molecule has 0 saturated carbocycles. The Morgan fingerprint density at radius 1 is 0.610 bits per heavy atom. The minimum atomic E-state index is -1.75. The molecule has 2 aliphatic rings. The lowest BCUT2D eigenvalue weighted by molar-refractivity contribution is -0.367. The van der Waals surface area contributed by atoms with Crippen LogP contribution in [0.1, 0.15) is 85.0 Å². The Balaban J connectivity index is 1.97. The predicted molar refractivity (Wildman–Crippen MR) is 143 cm³/mol. The third kappa shape index (κ3) is 12.0. The number of carbonyl (C=O) groups is 2. The van der Waals surface area contributed by atoms with Crippen LogP contribution < -0.4 is 0 Å². The van der Waals surface area contributed by atoms with E-state index in [0.717, 1.165) is 26.2 Å². The van der Waals surface area contributed by atoms with Crippen molar-refractivity contribution in [3.8, 4) is 0 Å². The fourth-order valence-electron chi connectivity index (χ4n) is 4.83. The van der Waals surface area contributed by atoms with Crippen molar-refractivity contribution < 1.29 is 63.5 Å². The van der Waals surface area contributed by atoms with Gasteiger partial charge in [0.25, 0.3) is 0 Å². The van der Waals surface area contributed by atoms with Crippen LogP contribution in [0.5, 0.6) is 0 Å². The number of ether oxygens (including phenoxy) is 6. The second-order valence-electron chi connectivity index (χ2n) is 10.8. The van der Waals surface area contributed by atoms with Gasteiger partial charge in [-0.1, -0.05) is 64.7 Å². The average molecular weight is 595 g/mol. The summed E-state index contributed by atoms with van der Waals surface area (Å²) >= 11 is 0. The number of hydrogen-bond acceptors (Lipinski definition) is 13. The van der Waals surface area contributed by atoms with Crippen LogP contribution in [0.4, 0.5) is 0 Å². The molecule has 0 spiro atoms. The van der Waals surface area contributed by atoms with E-state index in [1.54, 1.807) is 0 Å². The highest BCUT2D eigenvalue weighted by molar-refractivity contribution is 5.66. The monoisotopic (exact) mass is 594 g/mol. The molecule has 0 amide bonds. The molecule has 2 heterocycles. The fraction of sp³-hybridized carbons (Fsp3) is 0.929. The van der Waals surface area contributed by atoms with E-state index in [2.05, 4.69) is 6.92 Å². The summed E-state index contributed by atoms with van der Waals surface area (Å²) in [5.74, 6) is -1.24. The van der Waals surface area contributed by atoms with E-state index in [1.807, 2.05) is 0 Å². The van der Waals surface area contributed by atoms with Gasteiger partial charge in [-0.2, -0.15) is 0 Å². The first-order valence-corrected chi connectivity index (χ1v) is 14.8. The van der Waals surface area contributed by atoms with Crippen molar-refractivity contribution in [3.63, 3.8) is 0 Å². The molecule has 0 aromatic carbocycles. The summed E-state index contributed by atoms with van der Waals surface area (Å²) in [6, 6.07) is 0. The predicted octanol–water partition coefficient (Wildman–Crippen LogP) is 0.690. The summed E-state index contributed by atoms with van der Waals surface area (Å²) in [5.41, 5.74) is 0. The summed E-state index contributed by atoms with van der Waals surface area (Å²) in [7, 11) is 0. The van der Waals surface area contributed by atoms with Crippen LogP contribution in [0.2, 0.25) is 0 Å². The standard InChI is InChI=1S/C28H50O13/c1-4-5-6-7-8-9-10-11-12-13-14-36-28-26(24(34)22(32)20(40-28)16-38-18(3)30)41-27-25(35)23(33)21(31)19(39-27)15-37-17(2)29/h19-28,31-35H,4-16H2,1-3H3/t19-,20-,21-,22-,23+,24+,25-,26-,27+,28-/m1/s1. The van der Waals surface area contributed by atoms with Gasteiger partial charge in [-0.3, -0.25) is 9.59 Å². The van der Waals surface area contributed by atoms with Gasteiger partial charge in [0.1, 0.15) is 62.0 Å². The van der Waals surface area contributed by atoms with Crippen molar-refractivity contribution in [2.45, 2.75) is 146 Å². The molecule has 2 rings (SSSR count). The van der Waals surface area contributed by atoms with Gasteiger partial charge in [0.2, 0.25) is 0 Å². The first-order chi connectivity index (χ1) is 19.6. The molecule has 2 aliphatic heterocycles. The molecular weight excluding hydrogens is 544 g/mol. The molecule has 240 valence electrons. The first kappa shape index (κ1) is 35.8. The van der Waals surface area contributed by atoms with Crippen LogP contribution in [0.3, 0.4) is 0 Å². The molecule has 13 nitrogen and oxygen atoms in total. The minimum Gasteiger partial charge on any atom is -0.463 e. The lowest BCUT2D eigenvalue weighted by Crippen LogP contribution is -2.64. The topological polar surface area (TPSA) is 191 Å². The van der Waals surface area contributed by atoms with Crippen molar-refractivity contribution in [2.75, 3.05) is 19.8 Å². The Kier molecular flexibility index (Phi) is 16.6. The second-order valence-corrected chi connectivity index (χ2v) is 10.8. The Labute approximate surface area is 242 Å². The van der Waals surface area contributed by atoms with Gasteiger partial charge < -0.3 is 54.0 Å². The Morgan fingerprint density at radius 2 is 1.07 bits per heavy atom. The molecule has 2 fully saturated rings. The van der Waals surface area contributed by atoms with Crippen LogP contribution in [-0.4, -0.2) is 119 Å². The van der Waals surface area contributed by atoms with Gasteiger partial charge in [0, 0.05) is 20.5 Å². The number of aliphatic hydroxyl groups is 5. The zero-order chi connectivity index (χ0) is 30.4. The van der Waals surface area contributed by atoms with Gasteiger partial charge >= 0.3 is 11.9 Å². The molecule has 0 aromatic rings.